The van der Waals surface area contributed by atoms with Gasteiger partial charge in [0.05, 0.1) is 7.11 Å². The molecule has 0 unspecified atom stereocenters. The van der Waals surface area contributed by atoms with Crippen molar-refractivity contribution in [2.24, 2.45) is 5.41 Å². The molecule has 0 N–H and O–H groups in total. The third-order valence-electron chi connectivity index (χ3n) is 3.91. The Morgan fingerprint density at radius 2 is 1.77 bits per heavy atom. The fraction of sp³-hybridized carbons (Fsp3) is 0.611. The number of ether oxygens (including phenoxy) is 1. The molecule has 2 rings (SSSR count). The summed E-state index contributed by atoms with van der Waals surface area (Å²) in [5.41, 5.74) is 1.42. The van der Waals surface area contributed by atoms with Gasteiger partial charge in [0.2, 0.25) is 5.91 Å². The van der Waals surface area contributed by atoms with Crippen LogP contribution in [0.1, 0.15) is 32.8 Å². The summed E-state index contributed by atoms with van der Waals surface area (Å²) in [6.07, 6.45) is 0.617. The number of nitrogens with zero attached hydrogens (tertiary/aromatic N) is 2. The zero-order chi connectivity index (χ0) is 16.2. The topological polar surface area (TPSA) is 32.8 Å². The standard InChI is InChI=1S/C18H28N2O2/c1-18(2,3)14-19-10-9-17(21)20(12-11-19)13-15-5-7-16(22-4)8-6-15/h5-8H,9-14H2,1-4H3. The fourth-order valence-electron chi connectivity index (χ4n) is 2.86. The first-order valence-electron chi connectivity index (χ1n) is 8.00. The zero-order valence-electron chi connectivity index (χ0n) is 14.3. The number of benzene rings is 1. The van der Waals surface area contributed by atoms with Crippen LogP contribution in [0.2, 0.25) is 0 Å². The van der Waals surface area contributed by atoms with Crippen LogP contribution >= 0.6 is 0 Å². The second-order valence-electron chi connectivity index (χ2n) is 7.25. The summed E-state index contributed by atoms with van der Waals surface area (Å²) in [5, 5.41) is 0. The molecular weight excluding hydrogens is 276 g/mol. The summed E-state index contributed by atoms with van der Waals surface area (Å²) in [4.78, 5) is 16.7. The van der Waals surface area contributed by atoms with E-state index in [4.69, 9.17) is 4.74 Å². The first-order valence-corrected chi connectivity index (χ1v) is 8.00. The van der Waals surface area contributed by atoms with Gasteiger partial charge in [-0.3, -0.25) is 4.79 Å². The Morgan fingerprint density at radius 1 is 1.09 bits per heavy atom. The molecule has 1 amide bonds. The van der Waals surface area contributed by atoms with E-state index in [1.807, 2.05) is 29.2 Å². The molecule has 1 saturated heterocycles. The number of hydrogen-bond donors (Lipinski definition) is 0. The minimum absolute atomic E-state index is 0.257. The van der Waals surface area contributed by atoms with Gasteiger partial charge in [-0.15, -0.1) is 0 Å². The highest BCUT2D eigenvalue weighted by atomic mass is 16.5. The van der Waals surface area contributed by atoms with Crippen LogP contribution < -0.4 is 4.74 Å². The van der Waals surface area contributed by atoms with Gasteiger partial charge in [-0.25, -0.2) is 0 Å². The molecule has 122 valence electrons. The van der Waals surface area contributed by atoms with Gasteiger partial charge in [-0.1, -0.05) is 32.9 Å². The zero-order valence-corrected chi connectivity index (χ0v) is 14.3. The van der Waals surface area contributed by atoms with E-state index in [9.17, 15) is 4.79 Å². The van der Waals surface area contributed by atoms with E-state index in [-0.39, 0.29) is 11.3 Å². The smallest absolute Gasteiger partial charge is 0.224 e. The summed E-state index contributed by atoms with van der Waals surface area (Å²) in [6.45, 7) is 11.1. The average molecular weight is 304 g/mol. The number of amides is 1. The van der Waals surface area contributed by atoms with Gasteiger partial charge >= 0.3 is 0 Å². The van der Waals surface area contributed by atoms with Gasteiger partial charge in [0, 0.05) is 39.1 Å². The number of carbonyl (C=O) groups is 1. The highest BCUT2D eigenvalue weighted by molar-refractivity contribution is 5.76. The molecule has 0 aromatic heterocycles. The third kappa shape index (κ3) is 5.02. The van der Waals surface area contributed by atoms with Gasteiger partial charge in [-0.2, -0.15) is 0 Å². The minimum atomic E-state index is 0.257. The van der Waals surface area contributed by atoms with Crippen LogP contribution in [0.3, 0.4) is 0 Å². The first kappa shape index (κ1) is 16.8. The Kier molecular flexibility index (Phi) is 5.46. The molecule has 4 nitrogen and oxygen atoms in total. The minimum Gasteiger partial charge on any atom is -0.497 e. The van der Waals surface area contributed by atoms with Crippen LogP contribution in [-0.4, -0.2) is 49.0 Å². The molecule has 0 bridgehead atoms. The normalized spacial score (nSPS) is 17.5. The number of methoxy groups -OCH3 is 1. The molecule has 1 aliphatic heterocycles. The Morgan fingerprint density at radius 3 is 2.36 bits per heavy atom. The molecule has 0 aliphatic carbocycles. The van der Waals surface area contributed by atoms with Gasteiger partial charge in [0.1, 0.15) is 5.75 Å². The molecule has 1 heterocycles. The monoisotopic (exact) mass is 304 g/mol. The highest BCUT2D eigenvalue weighted by Crippen LogP contribution is 2.18. The number of carbonyl (C=O) groups excluding carboxylic acids is 1. The quantitative estimate of drug-likeness (QED) is 0.857. The largest absolute Gasteiger partial charge is 0.497 e. The Balaban J connectivity index is 1.95. The van der Waals surface area contributed by atoms with Crippen molar-refractivity contribution in [2.45, 2.75) is 33.7 Å². The maximum Gasteiger partial charge on any atom is 0.224 e. The maximum atomic E-state index is 12.3. The van der Waals surface area contributed by atoms with E-state index in [0.717, 1.165) is 37.5 Å². The molecule has 1 aromatic rings. The van der Waals surface area contributed by atoms with E-state index < -0.39 is 0 Å². The van der Waals surface area contributed by atoms with Crippen LogP contribution in [-0.2, 0) is 11.3 Å². The molecule has 0 atom stereocenters. The Hall–Kier alpha value is -1.55. The van der Waals surface area contributed by atoms with Crippen LogP contribution in [0.25, 0.3) is 0 Å². The summed E-state index contributed by atoms with van der Waals surface area (Å²) in [7, 11) is 1.66. The van der Waals surface area contributed by atoms with Crippen molar-refractivity contribution in [3.05, 3.63) is 29.8 Å². The van der Waals surface area contributed by atoms with Crippen molar-refractivity contribution in [2.75, 3.05) is 33.3 Å². The predicted octanol–water partition coefficient (Wildman–Crippen LogP) is 2.78. The van der Waals surface area contributed by atoms with Crippen LogP contribution in [0.15, 0.2) is 24.3 Å². The Bertz CT molecular complexity index is 491. The third-order valence-corrected chi connectivity index (χ3v) is 3.91. The molecule has 22 heavy (non-hydrogen) atoms. The van der Waals surface area contributed by atoms with Crippen molar-refractivity contribution in [1.29, 1.82) is 0 Å². The van der Waals surface area contributed by atoms with Crippen molar-refractivity contribution in [1.82, 2.24) is 9.80 Å². The molecule has 4 heteroatoms. The second kappa shape index (κ2) is 7.14. The fourth-order valence-corrected chi connectivity index (χ4v) is 2.86. The molecule has 1 fully saturated rings. The van der Waals surface area contributed by atoms with Crippen LogP contribution in [0.5, 0.6) is 5.75 Å². The van der Waals surface area contributed by atoms with E-state index in [1.165, 1.54) is 0 Å². The van der Waals surface area contributed by atoms with Crippen molar-refractivity contribution < 1.29 is 9.53 Å². The Labute approximate surface area is 134 Å². The van der Waals surface area contributed by atoms with Gasteiger partial charge in [-0.05, 0) is 23.1 Å². The number of rotatable bonds is 4. The lowest BCUT2D eigenvalue weighted by molar-refractivity contribution is -0.130. The van der Waals surface area contributed by atoms with E-state index in [1.54, 1.807) is 7.11 Å². The summed E-state index contributed by atoms with van der Waals surface area (Å²) in [6, 6.07) is 7.96. The van der Waals surface area contributed by atoms with Gasteiger partial charge in [0.15, 0.2) is 0 Å². The highest BCUT2D eigenvalue weighted by Gasteiger charge is 2.23. The van der Waals surface area contributed by atoms with Crippen molar-refractivity contribution >= 4 is 5.91 Å². The lowest BCUT2D eigenvalue weighted by Crippen LogP contribution is -2.36. The summed E-state index contributed by atoms with van der Waals surface area (Å²) >= 11 is 0. The molecular formula is C18H28N2O2. The molecule has 1 aromatic carbocycles. The van der Waals surface area contributed by atoms with E-state index in [2.05, 4.69) is 25.7 Å². The molecule has 0 radical (unpaired) electrons. The number of hydrogen-bond acceptors (Lipinski definition) is 3. The van der Waals surface area contributed by atoms with E-state index in [0.29, 0.717) is 13.0 Å². The summed E-state index contributed by atoms with van der Waals surface area (Å²) in [5.74, 6) is 1.11. The van der Waals surface area contributed by atoms with Crippen molar-refractivity contribution in [3.8, 4) is 5.75 Å². The van der Waals surface area contributed by atoms with Crippen molar-refractivity contribution in [3.63, 3.8) is 0 Å². The summed E-state index contributed by atoms with van der Waals surface area (Å²) < 4.78 is 5.17. The SMILES string of the molecule is COc1ccc(CN2CCN(CC(C)(C)C)CCC2=O)cc1. The second-order valence-corrected chi connectivity index (χ2v) is 7.25. The van der Waals surface area contributed by atoms with Crippen LogP contribution in [0.4, 0.5) is 0 Å². The predicted molar refractivity (Wildman–Crippen MR) is 88.9 cm³/mol. The van der Waals surface area contributed by atoms with Gasteiger partial charge in [0.25, 0.3) is 0 Å². The average Bonchev–Trinajstić information content (AvgIpc) is 2.62. The van der Waals surface area contributed by atoms with Crippen LogP contribution in [0, 0.1) is 5.41 Å². The first-order chi connectivity index (χ1) is 10.4. The molecule has 0 spiro atoms. The maximum absolute atomic E-state index is 12.3. The molecule has 0 saturated carbocycles. The lowest BCUT2D eigenvalue weighted by Gasteiger charge is -2.28. The van der Waals surface area contributed by atoms with E-state index >= 15 is 0 Å². The lowest BCUT2D eigenvalue weighted by atomic mass is 9.96. The van der Waals surface area contributed by atoms with Gasteiger partial charge < -0.3 is 14.5 Å². The molecule has 1 aliphatic rings.